The number of esters is 1. The molecule has 0 fully saturated rings. The number of carbonyl (C=O) groups is 1. The van der Waals surface area contributed by atoms with Gasteiger partial charge in [0.2, 0.25) is 0 Å². The van der Waals surface area contributed by atoms with Gasteiger partial charge < -0.3 is 10.5 Å². The Bertz CT molecular complexity index is 609. The number of nitrogen functional groups attached to an aromatic ring is 1. The molecule has 2 heterocycles. The van der Waals surface area contributed by atoms with Gasteiger partial charge in [-0.05, 0) is 6.07 Å². The Morgan fingerprint density at radius 3 is 2.83 bits per heavy atom. The van der Waals surface area contributed by atoms with Gasteiger partial charge in [0, 0.05) is 13.1 Å². The molecule has 0 radical (unpaired) electrons. The Balaban J connectivity index is 2.49. The van der Waals surface area contributed by atoms with E-state index in [0.29, 0.717) is 27.8 Å². The SMILES string of the molecule is COC(=O)c1cc(-c2ncc(N)cc2Cl)nn1C. The van der Waals surface area contributed by atoms with Crippen molar-refractivity contribution in [2.24, 2.45) is 7.05 Å². The highest BCUT2D eigenvalue weighted by atomic mass is 35.5. The van der Waals surface area contributed by atoms with Gasteiger partial charge in [0.05, 0.1) is 24.0 Å². The molecule has 0 atom stereocenters. The molecule has 0 aliphatic carbocycles. The van der Waals surface area contributed by atoms with Gasteiger partial charge in [0.1, 0.15) is 17.1 Å². The van der Waals surface area contributed by atoms with Gasteiger partial charge >= 0.3 is 5.97 Å². The van der Waals surface area contributed by atoms with Crippen LogP contribution in [0.2, 0.25) is 5.02 Å². The summed E-state index contributed by atoms with van der Waals surface area (Å²) in [4.78, 5) is 15.6. The first-order chi connectivity index (χ1) is 8.52. The summed E-state index contributed by atoms with van der Waals surface area (Å²) < 4.78 is 6.05. The summed E-state index contributed by atoms with van der Waals surface area (Å²) in [5, 5.41) is 4.55. The molecule has 18 heavy (non-hydrogen) atoms. The van der Waals surface area contributed by atoms with E-state index < -0.39 is 5.97 Å². The highest BCUT2D eigenvalue weighted by Crippen LogP contribution is 2.26. The fourth-order valence-electron chi connectivity index (χ4n) is 1.52. The van der Waals surface area contributed by atoms with E-state index in [1.54, 1.807) is 19.2 Å². The Morgan fingerprint density at radius 2 is 2.22 bits per heavy atom. The van der Waals surface area contributed by atoms with Crippen molar-refractivity contribution in [1.29, 1.82) is 0 Å². The van der Waals surface area contributed by atoms with E-state index in [1.807, 2.05) is 0 Å². The normalized spacial score (nSPS) is 10.4. The third-order valence-electron chi connectivity index (χ3n) is 2.38. The summed E-state index contributed by atoms with van der Waals surface area (Å²) in [6, 6.07) is 3.15. The van der Waals surface area contributed by atoms with Crippen molar-refractivity contribution in [2.75, 3.05) is 12.8 Å². The number of hydrogen-bond donors (Lipinski definition) is 1. The van der Waals surface area contributed by atoms with Gasteiger partial charge in [-0.2, -0.15) is 5.10 Å². The zero-order chi connectivity index (χ0) is 13.3. The van der Waals surface area contributed by atoms with Crippen LogP contribution in [0.1, 0.15) is 10.5 Å². The van der Waals surface area contributed by atoms with Crippen LogP contribution in [-0.2, 0) is 11.8 Å². The van der Waals surface area contributed by atoms with Crippen LogP contribution in [0.3, 0.4) is 0 Å². The van der Waals surface area contributed by atoms with Crippen LogP contribution in [-0.4, -0.2) is 27.8 Å². The number of aryl methyl sites for hydroxylation is 1. The van der Waals surface area contributed by atoms with Gasteiger partial charge in [-0.3, -0.25) is 9.67 Å². The van der Waals surface area contributed by atoms with Crippen LogP contribution in [0.5, 0.6) is 0 Å². The number of nitrogens with two attached hydrogens (primary N) is 1. The fourth-order valence-corrected chi connectivity index (χ4v) is 1.79. The van der Waals surface area contributed by atoms with Crippen LogP contribution >= 0.6 is 11.6 Å². The third kappa shape index (κ3) is 2.14. The first-order valence-electron chi connectivity index (χ1n) is 5.06. The number of hydrogen-bond acceptors (Lipinski definition) is 5. The van der Waals surface area contributed by atoms with Crippen LogP contribution in [0.25, 0.3) is 11.4 Å². The summed E-state index contributed by atoms with van der Waals surface area (Å²) in [5.74, 6) is -0.470. The van der Waals surface area contributed by atoms with E-state index in [4.69, 9.17) is 17.3 Å². The first-order valence-corrected chi connectivity index (χ1v) is 5.44. The molecule has 6 nitrogen and oxygen atoms in total. The molecule has 0 bridgehead atoms. The predicted molar refractivity (Wildman–Crippen MR) is 67.2 cm³/mol. The molecule has 2 N–H and O–H groups in total. The molecule has 94 valence electrons. The predicted octanol–water partition coefficient (Wildman–Crippen LogP) is 1.50. The molecule has 2 aromatic heterocycles. The van der Waals surface area contributed by atoms with Gasteiger partial charge in [-0.25, -0.2) is 4.79 Å². The topological polar surface area (TPSA) is 83.0 Å². The van der Waals surface area contributed by atoms with Crippen LogP contribution in [0.15, 0.2) is 18.3 Å². The van der Waals surface area contributed by atoms with E-state index in [2.05, 4.69) is 14.8 Å². The Hall–Kier alpha value is -2.08. The smallest absolute Gasteiger partial charge is 0.356 e. The monoisotopic (exact) mass is 266 g/mol. The number of methoxy groups -OCH3 is 1. The van der Waals surface area contributed by atoms with Crippen molar-refractivity contribution in [3.8, 4) is 11.4 Å². The molecule has 0 saturated heterocycles. The Kier molecular flexibility index (Phi) is 3.20. The van der Waals surface area contributed by atoms with Crippen molar-refractivity contribution in [2.45, 2.75) is 0 Å². The number of halogens is 1. The lowest BCUT2D eigenvalue weighted by atomic mass is 10.2. The number of rotatable bonds is 2. The average Bonchev–Trinajstić information content (AvgIpc) is 2.70. The molecule has 2 rings (SSSR count). The molecule has 0 aliphatic rings. The number of nitrogens with zero attached hydrogens (tertiary/aromatic N) is 3. The summed E-state index contributed by atoms with van der Waals surface area (Å²) in [6.45, 7) is 0. The van der Waals surface area contributed by atoms with Gasteiger partial charge in [0.25, 0.3) is 0 Å². The van der Waals surface area contributed by atoms with Gasteiger partial charge in [-0.1, -0.05) is 11.6 Å². The zero-order valence-corrected chi connectivity index (χ0v) is 10.6. The standard InChI is InChI=1S/C11H11ClN4O2/c1-16-9(11(17)18-2)4-8(15-16)10-7(12)3-6(13)5-14-10/h3-5H,13H2,1-2H3. The minimum atomic E-state index is -0.470. The lowest BCUT2D eigenvalue weighted by molar-refractivity contribution is 0.0588. The second-order valence-electron chi connectivity index (χ2n) is 3.63. The highest BCUT2D eigenvalue weighted by molar-refractivity contribution is 6.33. The zero-order valence-electron chi connectivity index (χ0n) is 9.85. The van der Waals surface area contributed by atoms with E-state index in [0.717, 1.165) is 0 Å². The largest absolute Gasteiger partial charge is 0.464 e. The molecule has 7 heteroatoms. The number of pyridine rings is 1. The van der Waals surface area contributed by atoms with Gasteiger partial charge in [0.15, 0.2) is 0 Å². The molecular formula is C11H11ClN4O2. The lowest BCUT2D eigenvalue weighted by Gasteiger charge is -2.00. The number of anilines is 1. The Morgan fingerprint density at radius 1 is 1.50 bits per heavy atom. The van der Waals surface area contributed by atoms with Crippen LogP contribution < -0.4 is 5.73 Å². The maximum atomic E-state index is 11.5. The van der Waals surface area contributed by atoms with Gasteiger partial charge in [-0.15, -0.1) is 0 Å². The van der Waals surface area contributed by atoms with E-state index in [1.165, 1.54) is 18.0 Å². The van der Waals surface area contributed by atoms with Crippen molar-refractivity contribution < 1.29 is 9.53 Å². The summed E-state index contributed by atoms with van der Waals surface area (Å²) in [6.07, 6.45) is 1.48. The Labute approximate surface area is 108 Å². The van der Waals surface area contributed by atoms with E-state index in [-0.39, 0.29) is 0 Å². The summed E-state index contributed by atoms with van der Waals surface area (Å²) in [7, 11) is 2.95. The third-order valence-corrected chi connectivity index (χ3v) is 2.67. The molecule has 2 aromatic rings. The van der Waals surface area contributed by atoms with E-state index in [9.17, 15) is 4.79 Å². The van der Waals surface area contributed by atoms with Crippen molar-refractivity contribution >= 4 is 23.3 Å². The maximum absolute atomic E-state index is 11.5. The second kappa shape index (κ2) is 4.66. The number of carbonyl (C=O) groups excluding carboxylic acids is 1. The second-order valence-corrected chi connectivity index (χ2v) is 4.04. The minimum Gasteiger partial charge on any atom is -0.464 e. The molecule has 0 spiro atoms. The summed E-state index contributed by atoms with van der Waals surface area (Å²) in [5.41, 5.74) is 7.31. The van der Waals surface area contributed by atoms with Crippen molar-refractivity contribution in [3.05, 3.63) is 29.0 Å². The number of aromatic nitrogens is 3. The molecular weight excluding hydrogens is 256 g/mol. The molecule has 0 saturated carbocycles. The molecule has 0 unspecified atom stereocenters. The maximum Gasteiger partial charge on any atom is 0.356 e. The molecule has 0 amide bonds. The highest BCUT2D eigenvalue weighted by Gasteiger charge is 2.16. The first kappa shape index (κ1) is 12.4. The fraction of sp³-hybridized carbons (Fsp3) is 0.182. The molecule has 0 aliphatic heterocycles. The van der Waals surface area contributed by atoms with E-state index >= 15 is 0 Å². The van der Waals surface area contributed by atoms with Crippen LogP contribution in [0, 0.1) is 0 Å². The molecule has 0 aromatic carbocycles. The number of ether oxygens (including phenoxy) is 1. The quantitative estimate of drug-likeness (QED) is 0.833. The summed E-state index contributed by atoms with van der Waals surface area (Å²) >= 11 is 6.03. The minimum absolute atomic E-state index is 0.321. The van der Waals surface area contributed by atoms with Crippen molar-refractivity contribution in [3.63, 3.8) is 0 Å². The van der Waals surface area contributed by atoms with Crippen molar-refractivity contribution in [1.82, 2.24) is 14.8 Å². The van der Waals surface area contributed by atoms with Crippen LogP contribution in [0.4, 0.5) is 5.69 Å². The lowest BCUT2D eigenvalue weighted by Crippen LogP contribution is -2.07. The average molecular weight is 267 g/mol.